The highest BCUT2D eigenvalue weighted by Gasteiger charge is 2.12. The van der Waals surface area contributed by atoms with Gasteiger partial charge in [-0.2, -0.15) is 0 Å². The van der Waals surface area contributed by atoms with Gasteiger partial charge < -0.3 is 10.0 Å². The maximum Gasteiger partial charge on any atom is 0.337 e. The summed E-state index contributed by atoms with van der Waals surface area (Å²) in [5, 5.41) is 9.85. The molecule has 0 aliphatic rings. The molecule has 4 nitrogen and oxygen atoms in total. The first kappa shape index (κ1) is 14.6. The molecular formula is C14H12Cl2N2O2. The molecule has 2 aromatic rings. The van der Waals surface area contributed by atoms with E-state index in [9.17, 15) is 4.79 Å². The van der Waals surface area contributed by atoms with E-state index in [2.05, 4.69) is 4.98 Å². The van der Waals surface area contributed by atoms with Crippen LogP contribution in [-0.4, -0.2) is 23.1 Å². The molecule has 104 valence electrons. The second kappa shape index (κ2) is 6.11. The standard InChI is InChI=1S/C14H12Cl2N2O2/c1-18(8-9-2-4-10(15)5-3-9)13-6-11(14(19)20)12(16)7-17-13/h2-7H,8H2,1H3,(H,19,20). The van der Waals surface area contributed by atoms with Crippen LogP contribution in [-0.2, 0) is 6.54 Å². The van der Waals surface area contributed by atoms with Crippen LogP contribution in [0.5, 0.6) is 0 Å². The second-order valence-corrected chi connectivity index (χ2v) is 5.15. The first-order chi connectivity index (χ1) is 9.47. The Morgan fingerprint density at radius 3 is 2.55 bits per heavy atom. The van der Waals surface area contributed by atoms with Crippen LogP contribution in [0.2, 0.25) is 10.0 Å². The Morgan fingerprint density at radius 2 is 1.95 bits per heavy atom. The van der Waals surface area contributed by atoms with Gasteiger partial charge in [0, 0.05) is 24.8 Å². The van der Waals surface area contributed by atoms with Crippen LogP contribution in [0.15, 0.2) is 36.5 Å². The molecule has 0 unspecified atom stereocenters. The lowest BCUT2D eigenvalue weighted by Crippen LogP contribution is -2.18. The van der Waals surface area contributed by atoms with Crippen LogP contribution in [0, 0.1) is 0 Å². The van der Waals surface area contributed by atoms with Crippen molar-refractivity contribution in [2.75, 3.05) is 11.9 Å². The minimum Gasteiger partial charge on any atom is -0.478 e. The second-order valence-electron chi connectivity index (χ2n) is 4.31. The number of halogens is 2. The van der Waals surface area contributed by atoms with E-state index < -0.39 is 5.97 Å². The molecule has 20 heavy (non-hydrogen) atoms. The van der Waals surface area contributed by atoms with Crippen molar-refractivity contribution in [2.24, 2.45) is 0 Å². The smallest absolute Gasteiger partial charge is 0.337 e. The molecule has 2 rings (SSSR count). The third-order valence-corrected chi connectivity index (χ3v) is 3.35. The molecule has 1 N–H and O–H groups in total. The number of carbonyl (C=O) groups is 1. The van der Waals surface area contributed by atoms with E-state index in [-0.39, 0.29) is 10.6 Å². The molecule has 0 amide bonds. The number of nitrogens with zero attached hydrogens (tertiary/aromatic N) is 2. The van der Waals surface area contributed by atoms with Crippen molar-refractivity contribution in [2.45, 2.75) is 6.54 Å². The van der Waals surface area contributed by atoms with Gasteiger partial charge in [0.25, 0.3) is 0 Å². The normalized spacial score (nSPS) is 10.3. The number of carboxylic acid groups (broad SMARTS) is 1. The van der Waals surface area contributed by atoms with Crippen LogP contribution < -0.4 is 4.90 Å². The van der Waals surface area contributed by atoms with Gasteiger partial charge in [-0.25, -0.2) is 9.78 Å². The van der Waals surface area contributed by atoms with Crippen LogP contribution >= 0.6 is 23.2 Å². The third-order valence-electron chi connectivity index (χ3n) is 2.80. The Bertz CT molecular complexity index is 630. The molecule has 0 fully saturated rings. The number of aromatic nitrogens is 1. The van der Waals surface area contributed by atoms with E-state index in [1.54, 1.807) is 0 Å². The third kappa shape index (κ3) is 3.40. The van der Waals surface area contributed by atoms with Gasteiger partial charge in [-0.05, 0) is 23.8 Å². The summed E-state index contributed by atoms with van der Waals surface area (Å²) >= 11 is 11.6. The van der Waals surface area contributed by atoms with Gasteiger partial charge in [-0.15, -0.1) is 0 Å². The Balaban J connectivity index is 2.20. The Kier molecular flexibility index (Phi) is 4.47. The van der Waals surface area contributed by atoms with Crippen molar-refractivity contribution in [3.63, 3.8) is 0 Å². The number of anilines is 1. The molecular weight excluding hydrogens is 299 g/mol. The van der Waals surface area contributed by atoms with Gasteiger partial charge >= 0.3 is 5.97 Å². The van der Waals surface area contributed by atoms with E-state index in [0.29, 0.717) is 17.4 Å². The number of aromatic carboxylic acids is 1. The predicted molar refractivity (Wildman–Crippen MR) is 79.8 cm³/mol. The maximum absolute atomic E-state index is 11.0. The van der Waals surface area contributed by atoms with Crippen molar-refractivity contribution in [3.05, 3.63) is 57.7 Å². The van der Waals surface area contributed by atoms with Gasteiger partial charge in [0.1, 0.15) is 5.82 Å². The highest BCUT2D eigenvalue weighted by atomic mass is 35.5. The van der Waals surface area contributed by atoms with Crippen LogP contribution in [0.3, 0.4) is 0 Å². The maximum atomic E-state index is 11.0. The van der Waals surface area contributed by atoms with Gasteiger partial charge in [-0.3, -0.25) is 0 Å². The fraction of sp³-hybridized carbons (Fsp3) is 0.143. The number of carboxylic acids is 1. The summed E-state index contributed by atoms with van der Waals surface area (Å²) in [4.78, 5) is 17.0. The minimum atomic E-state index is -1.07. The van der Waals surface area contributed by atoms with E-state index in [4.69, 9.17) is 28.3 Å². The van der Waals surface area contributed by atoms with Crippen molar-refractivity contribution < 1.29 is 9.90 Å². The lowest BCUT2D eigenvalue weighted by atomic mass is 10.2. The Hall–Kier alpha value is -1.78. The summed E-state index contributed by atoms with van der Waals surface area (Å²) in [5.41, 5.74) is 1.09. The van der Waals surface area contributed by atoms with Crippen LogP contribution in [0.1, 0.15) is 15.9 Å². The van der Waals surface area contributed by atoms with E-state index >= 15 is 0 Å². The molecule has 1 aromatic carbocycles. The first-order valence-electron chi connectivity index (χ1n) is 5.82. The largest absolute Gasteiger partial charge is 0.478 e. The molecule has 6 heteroatoms. The molecule has 0 aliphatic carbocycles. The molecule has 0 bridgehead atoms. The average molecular weight is 311 g/mol. The molecule has 1 heterocycles. The van der Waals surface area contributed by atoms with E-state index in [0.717, 1.165) is 5.56 Å². The van der Waals surface area contributed by atoms with Gasteiger partial charge in [0.05, 0.1) is 10.6 Å². The summed E-state index contributed by atoms with van der Waals surface area (Å²) in [6.07, 6.45) is 1.35. The highest BCUT2D eigenvalue weighted by Crippen LogP contribution is 2.21. The monoisotopic (exact) mass is 310 g/mol. The fourth-order valence-electron chi connectivity index (χ4n) is 1.74. The first-order valence-corrected chi connectivity index (χ1v) is 6.57. The SMILES string of the molecule is CN(Cc1ccc(Cl)cc1)c1cc(C(=O)O)c(Cl)cn1. The van der Waals surface area contributed by atoms with Gasteiger partial charge in [0.15, 0.2) is 0 Å². The predicted octanol–water partition coefficient (Wildman–Crippen LogP) is 3.72. The van der Waals surface area contributed by atoms with Gasteiger partial charge in [0.2, 0.25) is 0 Å². The number of hydrogen-bond donors (Lipinski definition) is 1. The molecule has 0 atom stereocenters. The Labute approximate surface area is 126 Å². The summed E-state index contributed by atoms with van der Waals surface area (Å²) in [5.74, 6) is -0.528. The number of pyridine rings is 1. The van der Waals surface area contributed by atoms with Crippen molar-refractivity contribution in [3.8, 4) is 0 Å². The number of hydrogen-bond acceptors (Lipinski definition) is 3. The van der Waals surface area contributed by atoms with Crippen molar-refractivity contribution in [1.82, 2.24) is 4.98 Å². The Morgan fingerprint density at radius 1 is 1.30 bits per heavy atom. The zero-order chi connectivity index (χ0) is 14.7. The van der Waals surface area contributed by atoms with E-state index in [1.165, 1.54) is 12.3 Å². The lowest BCUT2D eigenvalue weighted by Gasteiger charge is -2.18. The van der Waals surface area contributed by atoms with Crippen molar-refractivity contribution >= 4 is 35.0 Å². The molecule has 0 aliphatic heterocycles. The molecule has 0 saturated carbocycles. The zero-order valence-electron chi connectivity index (χ0n) is 10.7. The number of rotatable bonds is 4. The molecule has 0 radical (unpaired) electrons. The minimum absolute atomic E-state index is 0.0413. The molecule has 0 saturated heterocycles. The average Bonchev–Trinajstić information content (AvgIpc) is 2.41. The zero-order valence-corrected chi connectivity index (χ0v) is 12.2. The lowest BCUT2D eigenvalue weighted by molar-refractivity contribution is 0.0697. The molecule has 0 spiro atoms. The summed E-state index contributed by atoms with van der Waals surface area (Å²) in [6, 6.07) is 8.89. The topological polar surface area (TPSA) is 53.4 Å². The highest BCUT2D eigenvalue weighted by molar-refractivity contribution is 6.33. The van der Waals surface area contributed by atoms with E-state index in [1.807, 2.05) is 36.2 Å². The molecule has 1 aromatic heterocycles. The fourth-order valence-corrected chi connectivity index (χ4v) is 2.06. The summed E-state index contributed by atoms with van der Waals surface area (Å²) in [7, 11) is 1.83. The summed E-state index contributed by atoms with van der Waals surface area (Å²) < 4.78 is 0. The van der Waals surface area contributed by atoms with Crippen LogP contribution in [0.25, 0.3) is 0 Å². The van der Waals surface area contributed by atoms with Crippen LogP contribution in [0.4, 0.5) is 5.82 Å². The quantitative estimate of drug-likeness (QED) is 0.935. The number of benzene rings is 1. The summed E-state index contributed by atoms with van der Waals surface area (Å²) in [6.45, 7) is 0.588. The van der Waals surface area contributed by atoms with Crippen molar-refractivity contribution in [1.29, 1.82) is 0 Å². The van der Waals surface area contributed by atoms with Gasteiger partial charge in [-0.1, -0.05) is 35.3 Å².